The second kappa shape index (κ2) is 9.50. The number of piperidine rings is 1. The summed E-state index contributed by atoms with van der Waals surface area (Å²) in [4.78, 5) is 45.6. The van der Waals surface area contributed by atoms with Crippen LogP contribution in [0.3, 0.4) is 0 Å². The lowest BCUT2D eigenvalue weighted by molar-refractivity contribution is -0.138. The Morgan fingerprint density at radius 1 is 1.08 bits per heavy atom. The molecule has 2 aromatic rings. The molecule has 0 unspecified atom stereocenters. The Kier molecular flexibility index (Phi) is 6.74. The van der Waals surface area contributed by atoms with Gasteiger partial charge in [-0.1, -0.05) is 0 Å². The minimum absolute atomic E-state index is 0.0192. The van der Waals surface area contributed by atoms with E-state index in [9.17, 15) is 14.4 Å². The van der Waals surface area contributed by atoms with Gasteiger partial charge in [0.25, 0.3) is 0 Å². The third-order valence-corrected chi connectivity index (χ3v) is 7.41. The van der Waals surface area contributed by atoms with E-state index in [-0.39, 0.29) is 28.6 Å². The molecule has 2 heterocycles. The molecule has 7 nitrogen and oxygen atoms in total. The van der Waals surface area contributed by atoms with Crippen LogP contribution >= 0.6 is 0 Å². The van der Waals surface area contributed by atoms with Crippen LogP contribution in [0.2, 0.25) is 0 Å². The zero-order valence-corrected chi connectivity index (χ0v) is 21.8. The zero-order valence-electron chi connectivity index (χ0n) is 21.8. The summed E-state index contributed by atoms with van der Waals surface area (Å²) in [5, 5.41) is 12.0. The van der Waals surface area contributed by atoms with Gasteiger partial charge in [-0.05, 0) is 93.8 Å². The van der Waals surface area contributed by atoms with E-state index in [1.54, 1.807) is 23.2 Å². The molecule has 36 heavy (non-hydrogen) atoms. The van der Waals surface area contributed by atoms with E-state index in [4.69, 9.17) is 5.26 Å². The number of benzene rings is 1. The minimum Gasteiger partial charge on any atom is -0.333 e. The minimum atomic E-state index is -0.735. The molecule has 188 valence electrons. The van der Waals surface area contributed by atoms with Crippen molar-refractivity contribution in [3.05, 3.63) is 52.7 Å². The summed E-state index contributed by atoms with van der Waals surface area (Å²) in [6, 6.07) is 9.45. The lowest BCUT2D eigenvalue weighted by atomic mass is 9.62. The van der Waals surface area contributed by atoms with E-state index in [2.05, 4.69) is 16.4 Å². The summed E-state index contributed by atoms with van der Waals surface area (Å²) in [7, 11) is 0. The highest BCUT2D eigenvalue weighted by Crippen LogP contribution is 2.47. The highest BCUT2D eigenvalue weighted by atomic mass is 16.2. The largest absolute Gasteiger partial charge is 0.333 e. The van der Waals surface area contributed by atoms with Crippen molar-refractivity contribution in [2.75, 3.05) is 13.1 Å². The maximum atomic E-state index is 13.5. The summed E-state index contributed by atoms with van der Waals surface area (Å²) in [5.41, 5.74) is 4.08. The first-order valence-corrected chi connectivity index (χ1v) is 12.5. The second-order valence-corrected chi connectivity index (χ2v) is 11.5. The van der Waals surface area contributed by atoms with E-state index in [0.717, 1.165) is 27.9 Å². The molecule has 1 saturated heterocycles. The van der Waals surface area contributed by atoms with Crippen LogP contribution in [0.1, 0.15) is 74.6 Å². The Hall–Kier alpha value is -3.53. The van der Waals surface area contributed by atoms with Gasteiger partial charge in [-0.15, -0.1) is 0 Å². The van der Waals surface area contributed by atoms with E-state index < -0.39 is 5.92 Å². The predicted molar refractivity (Wildman–Crippen MR) is 137 cm³/mol. The van der Waals surface area contributed by atoms with Crippen molar-refractivity contribution in [1.29, 1.82) is 5.26 Å². The van der Waals surface area contributed by atoms with Gasteiger partial charge in [0.15, 0.2) is 0 Å². The Bertz CT molecular complexity index is 1200. The fraction of sp³-hybridized carbons (Fsp3) is 0.483. The number of nitrogens with one attached hydrogen (secondary N) is 1. The van der Waals surface area contributed by atoms with Crippen molar-refractivity contribution < 1.29 is 14.4 Å². The number of hydrogen-bond donors (Lipinski definition) is 1. The van der Waals surface area contributed by atoms with Gasteiger partial charge in [0.2, 0.25) is 0 Å². The van der Waals surface area contributed by atoms with Crippen molar-refractivity contribution in [3.8, 4) is 17.3 Å². The van der Waals surface area contributed by atoms with Crippen molar-refractivity contribution in [1.82, 2.24) is 15.2 Å². The third-order valence-electron chi connectivity index (χ3n) is 7.41. The second-order valence-electron chi connectivity index (χ2n) is 11.5. The molecule has 2 fully saturated rings. The lowest BCUT2D eigenvalue weighted by Crippen LogP contribution is -2.53. The molecular weight excluding hydrogens is 452 g/mol. The highest BCUT2D eigenvalue weighted by Gasteiger charge is 2.48. The SMILES string of the molecule is Cc1cc(-c2ccc(C#N)cn2)cc(C)c1C1C(=O)CC2(CCN(C(=O)NC(C)(C)C)CC2)CC1=O. The fourth-order valence-corrected chi connectivity index (χ4v) is 5.65. The summed E-state index contributed by atoms with van der Waals surface area (Å²) in [6.07, 6.45) is 3.61. The van der Waals surface area contributed by atoms with Crippen LogP contribution < -0.4 is 5.32 Å². The predicted octanol–water partition coefficient (Wildman–Crippen LogP) is 4.84. The average molecular weight is 487 g/mol. The molecule has 2 amide bonds. The van der Waals surface area contributed by atoms with Crippen LogP contribution in [0.15, 0.2) is 30.5 Å². The molecule has 1 aliphatic heterocycles. The number of aromatic nitrogens is 1. The van der Waals surface area contributed by atoms with Crippen LogP contribution in [0.25, 0.3) is 11.3 Å². The van der Waals surface area contributed by atoms with Gasteiger partial charge in [-0.3, -0.25) is 14.6 Å². The molecule has 0 radical (unpaired) electrons. The van der Waals surface area contributed by atoms with Crippen LogP contribution in [-0.4, -0.2) is 46.1 Å². The van der Waals surface area contributed by atoms with E-state index in [1.165, 1.54) is 0 Å². The van der Waals surface area contributed by atoms with Crippen molar-refractivity contribution in [2.45, 2.75) is 71.8 Å². The molecule has 1 aromatic heterocycles. The number of pyridine rings is 1. The Balaban J connectivity index is 1.50. The number of likely N-dealkylation sites (tertiary alicyclic amines) is 1. The monoisotopic (exact) mass is 486 g/mol. The Morgan fingerprint density at radius 3 is 2.14 bits per heavy atom. The zero-order chi connectivity index (χ0) is 26.3. The number of carbonyl (C=O) groups is 3. The topological polar surface area (TPSA) is 103 Å². The Morgan fingerprint density at radius 2 is 1.67 bits per heavy atom. The molecule has 1 saturated carbocycles. The average Bonchev–Trinajstić information content (AvgIpc) is 2.79. The quantitative estimate of drug-likeness (QED) is 0.612. The Labute approximate surface area is 212 Å². The van der Waals surface area contributed by atoms with Gasteiger partial charge in [0.1, 0.15) is 23.6 Å². The van der Waals surface area contributed by atoms with Gasteiger partial charge in [-0.2, -0.15) is 5.26 Å². The number of Topliss-reactive ketones (excluding diaryl/α,β-unsaturated/α-hetero) is 2. The molecule has 1 spiro atoms. The lowest BCUT2D eigenvalue weighted by Gasteiger charge is -2.45. The smallest absolute Gasteiger partial charge is 0.317 e. The van der Waals surface area contributed by atoms with Gasteiger partial charge in [0.05, 0.1) is 11.3 Å². The van der Waals surface area contributed by atoms with Crippen LogP contribution in [0.4, 0.5) is 4.79 Å². The van der Waals surface area contributed by atoms with E-state index in [1.807, 2.05) is 46.8 Å². The number of aryl methyl sites for hydroxylation is 2. The van der Waals surface area contributed by atoms with Crippen molar-refractivity contribution in [2.24, 2.45) is 5.41 Å². The summed E-state index contributed by atoms with van der Waals surface area (Å²) >= 11 is 0. The van der Waals surface area contributed by atoms with Crippen LogP contribution in [-0.2, 0) is 9.59 Å². The summed E-state index contributed by atoms with van der Waals surface area (Å²) in [6.45, 7) is 10.8. The number of nitriles is 1. The fourth-order valence-electron chi connectivity index (χ4n) is 5.65. The molecular formula is C29H34N4O3. The number of urea groups is 1. The van der Waals surface area contributed by atoms with Crippen molar-refractivity contribution in [3.63, 3.8) is 0 Å². The van der Waals surface area contributed by atoms with Gasteiger partial charge in [0, 0.05) is 43.2 Å². The van der Waals surface area contributed by atoms with Crippen LogP contribution in [0, 0.1) is 30.6 Å². The van der Waals surface area contributed by atoms with Gasteiger partial charge >= 0.3 is 6.03 Å². The summed E-state index contributed by atoms with van der Waals surface area (Å²) < 4.78 is 0. The van der Waals surface area contributed by atoms with Crippen LogP contribution in [0.5, 0.6) is 0 Å². The first kappa shape index (κ1) is 25.6. The number of ketones is 2. The molecule has 0 bridgehead atoms. The third kappa shape index (κ3) is 5.18. The molecule has 1 N–H and O–H groups in total. The maximum absolute atomic E-state index is 13.5. The molecule has 2 aliphatic rings. The molecule has 1 aliphatic carbocycles. The van der Waals surface area contributed by atoms with E-state index >= 15 is 0 Å². The maximum Gasteiger partial charge on any atom is 0.317 e. The number of carbonyl (C=O) groups excluding carboxylic acids is 3. The van der Waals surface area contributed by atoms with E-state index in [0.29, 0.717) is 44.3 Å². The standard InChI is InChI=1S/C29H34N4O3/c1-18-12-21(22-7-6-20(16-30)17-31-22)13-19(2)25(18)26-23(34)14-29(15-24(26)35)8-10-33(11-9-29)27(36)32-28(3,4)5/h6-7,12-13,17,26H,8-11,14-15H2,1-5H3,(H,32,36). The number of amides is 2. The molecule has 1 aromatic carbocycles. The molecule has 0 atom stereocenters. The number of hydrogen-bond acceptors (Lipinski definition) is 5. The molecule has 7 heteroatoms. The van der Waals surface area contributed by atoms with Gasteiger partial charge in [-0.25, -0.2) is 4.79 Å². The number of nitrogens with zero attached hydrogens (tertiary/aromatic N) is 3. The first-order valence-electron chi connectivity index (χ1n) is 12.5. The van der Waals surface area contributed by atoms with Gasteiger partial charge < -0.3 is 10.2 Å². The number of rotatable bonds is 2. The molecule has 4 rings (SSSR count). The first-order chi connectivity index (χ1) is 16.9. The normalized spacial score (nSPS) is 18.3. The summed E-state index contributed by atoms with van der Waals surface area (Å²) in [5.74, 6) is -0.774. The highest BCUT2D eigenvalue weighted by molar-refractivity contribution is 6.10. The van der Waals surface area contributed by atoms with Crippen molar-refractivity contribution >= 4 is 17.6 Å².